The van der Waals surface area contributed by atoms with Crippen molar-refractivity contribution in [1.29, 1.82) is 0 Å². The van der Waals surface area contributed by atoms with Crippen LogP contribution in [-0.4, -0.2) is 43.0 Å². The van der Waals surface area contributed by atoms with E-state index in [0.717, 1.165) is 19.4 Å². The quantitative estimate of drug-likeness (QED) is 0.706. The molecule has 0 aromatic rings. The normalized spacial score (nSPS) is 22.3. The third-order valence-corrected chi connectivity index (χ3v) is 5.26. The van der Waals surface area contributed by atoms with Crippen LogP contribution in [0, 0.1) is 5.41 Å². The molecule has 0 saturated carbocycles. The maximum absolute atomic E-state index is 11.4. The van der Waals surface area contributed by atoms with Crippen LogP contribution in [0.1, 0.15) is 52.9 Å². The average molecular weight is 269 g/mol. The van der Waals surface area contributed by atoms with Gasteiger partial charge in [-0.15, -0.1) is 0 Å². The lowest BCUT2D eigenvalue weighted by atomic mass is 9.82. The third-order valence-electron chi connectivity index (χ3n) is 5.26. The predicted molar refractivity (Wildman–Crippen MR) is 80.0 cm³/mol. The molecule has 4 heteroatoms. The van der Waals surface area contributed by atoms with Gasteiger partial charge in [0.2, 0.25) is 5.91 Å². The SMILES string of the molecule is CCC1(CC)CCN(CCCC(C)(NC)C(N)=O)C1. The molecule has 0 aliphatic carbocycles. The number of carbonyl (C=O) groups excluding carboxylic acids is 1. The number of nitrogens with two attached hydrogens (primary N) is 1. The van der Waals surface area contributed by atoms with Gasteiger partial charge in [0.1, 0.15) is 0 Å². The number of rotatable bonds is 8. The number of hydrogen-bond acceptors (Lipinski definition) is 3. The summed E-state index contributed by atoms with van der Waals surface area (Å²) in [5.74, 6) is -0.257. The summed E-state index contributed by atoms with van der Waals surface area (Å²) in [4.78, 5) is 14.0. The Morgan fingerprint density at radius 2 is 2.05 bits per heavy atom. The van der Waals surface area contributed by atoms with E-state index in [9.17, 15) is 4.79 Å². The molecule has 1 rings (SSSR count). The maximum atomic E-state index is 11.4. The van der Waals surface area contributed by atoms with Gasteiger partial charge >= 0.3 is 0 Å². The fourth-order valence-corrected chi connectivity index (χ4v) is 3.07. The van der Waals surface area contributed by atoms with E-state index < -0.39 is 5.54 Å². The molecular weight excluding hydrogens is 238 g/mol. The average Bonchev–Trinajstić information content (AvgIpc) is 2.82. The molecule has 1 saturated heterocycles. The van der Waals surface area contributed by atoms with E-state index in [2.05, 4.69) is 24.1 Å². The van der Waals surface area contributed by atoms with Gasteiger partial charge in [0.25, 0.3) is 0 Å². The van der Waals surface area contributed by atoms with E-state index in [1.165, 1.54) is 32.4 Å². The smallest absolute Gasteiger partial charge is 0.237 e. The molecular formula is C15H31N3O. The van der Waals surface area contributed by atoms with Crippen LogP contribution in [0.25, 0.3) is 0 Å². The number of primary amides is 1. The molecule has 1 aliphatic heterocycles. The number of likely N-dealkylation sites (tertiary alicyclic amines) is 1. The van der Waals surface area contributed by atoms with Gasteiger partial charge in [0, 0.05) is 6.54 Å². The highest BCUT2D eigenvalue weighted by Gasteiger charge is 2.35. The first-order valence-corrected chi connectivity index (χ1v) is 7.62. The Kier molecular flexibility index (Phi) is 5.81. The molecule has 1 aliphatic rings. The van der Waals surface area contributed by atoms with Gasteiger partial charge in [-0.2, -0.15) is 0 Å². The summed E-state index contributed by atoms with van der Waals surface area (Å²) in [5.41, 5.74) is 5.42. The molecule has 0 aromatic heterocycles. The first-order chi connectivity index (χ1) is 8.91. The Morgan fingerprint density at radius 3 is 2.47 bits per heavy atom. The second-order valence-corrected chi connectivity index (χ2v) is 6.28. The van der Waals surface area contributed by atoms with Crippen molar-refractivity contribution in [3.05, 3.63) is 0 Å². The van der Waals surface area contributed by atoms with Crippen LogP contribution in [0.15, 0.2) is 0 Å². The summed E-state index contributed by atoms with van der Waals surface area (Å²) in [6.45, 7) is 9.99. The number of hydrogen-bond donors (Lipinski definition) is 2. The van der Waals surface area contributed by atoms with Gasteiger partial charge in [0.15, 0.2) is 0 Å². The van der Waals surface area contributed by atoms with Gasteiger partial charge < -0.3 is 16.0 Å². The number of amides is 1. The molecule has 1 fully saturated rings. The zero-order valence-corrected chi connectivity index (χ0v) is 13.1. The van der Waals surface area contributed by atoms with Crippen molar-refractivity contribution in [2.24, 2.45) is 11.1 Å². The van der Waals surface area contributed by atoms with Crippen LogP contribution >= 0.6 is 0 Å². The van der Waals surface area contributed by atoms with Crippen LogP contribution in [-0.2, 0) is 4.79 Å². The maximum Gasteiger partial charge on any atom is 0.237 e. The van der Waals surface area contributed by atoms with Gasteiger partial charge in [-0.1, -0.05) is 13.8 Å². The van der Waals surface area contributed by atoms with Crippen molar-refractivity contribution in [2.75, 3.05) is 26.7 Å². The molecule has 19 heavy (non-hydrogen) atoms. The number of likely N-dealkylation sites (N-methyl/N-ethyl adjacent to an activating group) is 1. The second-order valence-electron chi connectivity index (χ2n) is 6.28. The van der Waals surface area contributed by atoms with Gasteiger partial charge in [-0.05, 0) is 64.6 Å². The first-order valence-electron chi connectivity index (χ1n) is 7.62. The summed E-state index contributed by atoms with van der Waals surface area (Å²) in [6, 6.07) is 0. The van der Waals surface area contributed by atoms with Gasteiger partial charge in [-0.3, -0.25) is 4.79 Å². The molecule has 0 spiro atoms. The van der Waals surface area contributed by atoms with Crippen LogP contribution in [0.2, 0.25) is 0 Å². The van der Waals surface area contributed by atoms with Gasteiger partial charge in [0.05, 0.1) is 5.54 Å². The molecule has 0 aromatic carbocycles. The minimum absolute atomic E-state index is 0.257. The van der Waals surface area contributed by atoms with Crippen LogP contribution in [0.3, 0.4) is 0 Å². The second kappa shape index (κ2) is 6.71. The minimum Gasteiger partial charge on any atom is -0.368 e. The summed E-state index contributed by atoms with van der Waals surface area (Å²) < 4.78 is 0. The van der Waals surface area contributed by atoms with E-state index >= 15 is 0 Å². The van der Waals surface area contributed by atoms with Crippen molar-refractivity contribution in [1.82, 2.24) is 10.2 Å². The summed E-state index contributed by atoms with van der Waals surface area (Å²) >= 11 is 0. The van der Waals surface area contributed by atoms with E-state index in [-0.39, 0.29) is 5.91 Å². The molecule has 1 unspecified atom stereocenters. The number of nitrogens with one attached hydrogen (secondary N) is 1. The van der Waals surface area contributed by atoms with Crippen molar-refractivity contribution < 1.29 is 4.79 Å². The molecule has 112 valence electrons. The zero-order valence-electron chi connectivity index (χ0n) is 13.1. The van der Waals surface area contributed by atoms with Crippen LogP contribution < -0.4 is 11.1 Å². The molecule has 1 atom stereocenters. The third kappa shape index (κ3) is 3.93. The van der Waals surface area contributed by atoms with Crippen LogP contribution in [0.5, 0.6) is 0 Å². The summed E-state index contributed by atoms with van der Waals surface area (Å²) in [6.07, 6.45) is 5.69. The summed E-state index contributed by atoms with van der Waals surface area (Å²) in [7, 11) is 1.81. The standard InChI is InChI=1S/C15H31N3O/c1-5-15(6-2)9-11-18(12-15)10-7-8-14(3,17-4)13(16)19/h17H,5-12H2,1-4H3,(H2,16,19). The topological polar surface area (TPSA) is 58.4 Å². The first kappa shape index (κ1) is 16.4. The minimum atomic E-state index is -0.563. The number of nitrogens with zero attached hydrogens (tertiary/aromatic N) is 1. The van der Waals surface area contributed by atoms with Gasteiger partial charge in [-0.25, -0.2) is 0 Å². The molecule has 1 heterocycles. The highest BCUT2D eigenvalue weighted by atomic mass is 16.1. The lowest BCUT2D eigenvalue weighted by molar-refractivity contribution is -0.123. The lowest BCUT2D eigenvalue weighted by Crippen LogP contribution is -2.51. The Bertz CT molecular complexity index is 302. The van der Waals surface area contributed by atoms with Crippen molar-refractivity contribution in [3.8, 4) is 0 Å². The fourth-order valence-electron chi connectivity index (χ4n) is 3.07. The number of carbonyl (C=O) groups is 1. The zero-order chi connectivity index (χ0) is 14.5. The van der Waals surface area contributed by atoms with E-state index in [1.807, 2.05) is 6.92 Å². The molecule has 3 N–H and O–H groups in total. The predicted octanol–water partition coefficient (Wildman–Crippen LogP) is 1.74. The van der Waals surface area contributed by atoms with E-state index in [4.69, 9.17) is 5.73 Å². The molecule has 4 nitrogen and oxygen atoms in total. The Labute approximate surface area is 118 Å². The Balaban J connectivity index is 2.37. The highest BCUT2D eigenvalue weighted by molar-refractivity contribution is 5.84. The van der Waals surface area contributed by atoms with E-state index in [1.54, 1.807) is 7.05 Å². The van der Waals surface area contributed by atoms with Crippen molar-refractivity contribution in [2.45, 2.75) is 58.4 Å². The molecule has 0 radical (unpaired) electrons. The Morgan fingerprint density at radius 1 is 1.42 bits per heavy atom. The highest BCUT2D eigenvalue weighted by Crippen LogP contribution is 2.36. The van der Waals surface area contributed by atoms with Crippen LogP contribution in [0.4, 0.5) is 0 Å². The summed E-state index contributed by atoms with van der Waals surface area (Å²) in [5, 5.41) is 3.05. The molecule has 1 amide bonds. The Hall–Kier alpha value is -0.610. The van der Waals surface area contributed by atoms with Crippen molar-refractivity contribution >= 4 is 5.91 Å². The van der Waals surface area contributed by atoms with E-state index in [0.29, 0.717) is 5.41 Å². The van der Waals surface area contributed by atoms with Crippen molar-refractivity contribution in [3.63, 3.8) is 0 Å². The monoisotopic (exact) mass is 269 g/mol. The largest absolute Gasteiger partial charge is 0.368 e. The fraction of sp³-hybridized carbons (Fsp3) is 0.933. The lowest BCUT2D eigenvalue weighted by Gasteiger charge is -2.28. The molecule has 0 bridgehead atoms.